The molecule has 5 heteroatoms. The molecule has 0 fully saturated rings. The number of hydrogen-bond acceptors (Lipinski definition) is 1. The van der Waals surface area contributed by atoms with Crippen molar-refractivity contribution in [3.8, 4) is 0 Å². The second kappa shape index (κ2) is 7.13. The molecule has 116 valence electrons. The molecule has 0 aliphatic carbocycles. The molecule has 1 unspecified atom stereocenters. The zero-order valence-electron chi connectivity index (χ0n) is 12.6. The van der Waals surface area contributed by atoms with Gasteiger partial charge in [-0.3, -0.25) is 4.79 Å². The summed E-state index contributed by atoms with van der Waals surface area (Å²) in [7, 11) is 1.89. The van der Waals surface area contributed by atoms with Crippen LogP contribution in [0.15, 0.2) is 48.5 Å². The van der Waals surface area contributed by atoms with Gasteiger partial charge in [0, 0.05) is 11.3 Å². The van der Waals surface area contributed by atoms with E-state index in [0.717, 1.165) is 10.5 Å². The van der Waals surface area contributed by atoms with Crippen LogP contribution in [0.25, 0.3) is 0 Å². The molecule has 0 spiro atoms. The second-order valence-corrected chi connectivity index (χ2v) is 5.35. The molecule has 22 heavy (non-hydrogen) atoms. The highest BCUT2D eigenvalue weighted by Crippen LogP contribution is 2.10. The number of likely N-dealkylation sites (N-methyl/N-ethyl adjacent to an activating group) is 1. The number of rotatable bonds is 5. The maximum absolute atomic E-state index is 13.1. The molecule has 1 amide bonds. The highest BCUT2D eigenvalue weighted by molar-refractivity contribution is 5.91. The molecule has 0 aliphatic rings. The minimum absolute atomic E-state index is 0.0406. The molecule has 0 aromatic heterocycles. The van der Waals surface area contributed by atoms with Gasteiger partial charge in [0.25, 0.3) is 5.91 Å². The average molecular weight is 305 g/mol. The van der Waals surface area contributed by atoms with Gasteiger partial charge in [0.1, 0.15) is 17.7 Å². The van der Waals surface area contributed by atoms with E-state index in [1.165, 1.54) is 24.3 Å². The van der Waals surface area contributed by atoms with Gasteiger partial charge in [0.05, 0.1) is 7.05 Å². The number of hydrogen-bond donors (Lipinski definition) is 2. The largest absolute Gasteiger partial charge is 0.324 e. The number of amides is 1. The van der Waals surface area contributed by atoms with Crippen LogP contribution >= 0.6 is 0 Å². The fourth-order valence-electron chi connectivity index (χ4n) is 2.21. The summed E-state index contributed by atoms with van der Waals surface area (Å²) >= 11 is 0. The van der Waals surface area contributed by atoms with Crippen molar-refractivity contribution in [2.75, 3.05) is 18.9 Å². The summed E-state index contributed by atoms with van der Waals surface area (Å²) < 4.78 is 26.0. The van der Waals surface area contributed by atoms with E-state index in [-0.39, 0.29) is 24.3 Å². The molecule has 3 nitrogen and oxygen atoms in total. The van der Waals surface area contributed by atoms with Crippen molar-refractivity contribution in [2.45, 2.75) is 13.0 Å². The summed E-state index contributed by atoms with van der Waals surface area (Å²) in [6.45, 7) is 2.20. The molecule has 2 rings (SSSR count). The van der Waals surface area contributed by atoms with Gasteiger partial charge in [-0.2, -0.15) is 0 Å². The van der Waals surface area contributed by atoms with Crippen molar-refractivity contribution in [1.82, 2.24) is 0 Å². The quantitative estimate of drug-likeness (QED) is 0.872. The number of carbonyl (C=O) groups excluding carboxylic acids is 1. The number of halogens is 2. The zero-order chi connectivity index (χ0) is 16.1. The Morgan fingerprint density at radius 3 is 2.45 bits per heavy atom. The van der Waals surface area contributed by atoms with Crippen molar-refractivity contribution in [3.05, 3.63) is 65.7 Å². The van der Waals surface area contributed by atoms with Crippen molar-refractivity contribution in [2.24, 2.45) is 0 Å². The van der Waals surface area contributed by atoms with Crippen LogP contribution in [0, 0.1) is 11.6 Å². The topological polar surface area (TPSA) is 33.5 Å². The maximum atomic E-state index is 13.1. The van der Waals surface area contributed by atoms with Crippen LogP contribution in [0.4, 0.5) is 14.5 Å². The molecule has 2 N–H and O–H groups in total. The lowest BCUT2D eigenvalue weighted by atomic mass is 10.1. The van der Waals surface area contributed by atoms with Gasteiger partial charge in [0.2, 0.25) is 0 Å². The monoisotopic (exact) mass is 305 g/mol. The first-order valence-corrected chi connectivity index (χ1v) is 7.09. The molecule has 0 saturated heterocycles. The Hall–Kier alpha value is -2.27. The number of anilines is 1. The Kier molecular flexibility index (Phi) is 5.22. The summed E-state index contributed by atoms with van der Waals surface area (Å²) in [5.74, 6) is -0.868. The summed E-state index contributed by atoms with van der Waals surface area (Å²) in [5.41, 5.74) is 1.39. The molecule has 0 radical (unpaired) electrons. The van der Waals surface area contributed by atoms with Crippen molar-refractivity contribution in [3.63, 3.8) is 0 Å². The highest BCUT2D eigenvalue weighted by atomic mass is 19.1. The molecule has 0 bridgehead atoms. The van der Waals surface area contributed by atoms with Crippen LogP contribution in [-0.2, 0) is 4.79 Å². The van der Waals surface area contributed by atoms with Gasteiger partial charge in [-0.25, -0.2) is 8.78 Å². The van der Waals surface area contributed by atoms with E-state index in [1.807, 2.05) is 14.0 Å². The van der Waals surface area contributed by atoms with E-state index in [9.17, 15) is 13.6 Å². The van der Waals surface area contributed by atoms with Crippen LogP contribution in [-0.4, -0.2) is 19.5 Å². The fraction of sp³-hybridized carbons (Fsp3) is 0.235. The van der Waals surface area contributed by atoms with E-state index < -0.39 is 5.82 Å². The van der Waals surface area contributed by atoms with Gasteiger partial charge in [-0.05, 0) is 37.3 Å². The van der Waals surface area contributed by atoms with E-state index in [1.54, 1.807) is 24.3 Å². The van der Waals surface area contributed by atoms with Crippen LogP contribution in [0.2, 0.25) is 0 Å². The minimum Gasteiger partial charge on any atom is -0.324 e. The van der Waals surface area contributed by atoms with Gasteiger partial charge < -0.3 is 10.2 Å². The molecule has 0 saturated carbocycles. The summed E-state index contributed by atoms with van der Waals surface area (Å²) in [4.78, 5) is 13.0. The number of nitrogens with one attached hydrogen (secondary N) is 2. The van der Waals surface area contributed by atoms with Gasteiger partial charge >= 0.3 is 0 Å². The summed E-state index contributed by atoms with van der Waals surface area (Å²) in [6.07, 6.45) is 0. The first-order chi connectivity index (χ1) is 10.5. The van der Waals surface area contributed by atoms with Crippen molar-refractivity contribution in [1.29, 1.82) is 0 Å². The lowest BCUT2D eigenvalue weighted by molar-refractivity contribution is -0.902. The van der Waals surface area contributed by atoms with E-state index in [0.29, 0.717) is 5.69 Å². The van der Waals surface area contributed by atoms with E-state index in [2.05, 4.69) is 5.32 Å². The lowest BCUT2D eigenvalue weighted by Gasteiger charge is -2.21. The van der Waals surface area contributed by atoms with Crippen LogP contribution in [0.1, 0.15) is 18.5 Å². The minimum atomic E-state index is -0.391. The predicted molar refractivity (Wildman–Crippen MR) is 81.6 cm³/mol. The molecule has 0 aliphatic heterocycles. The first-order valence-electron chi connectivity index (χ1n) is 7.09. The predicted octanol–water partition coefficient (Wildman–Crippen LogP) is 2.18. The van der Waals surface area contributed by atoms with Crippen LogP contribution < -0.4 is 10.2 Å². The number of benzene rings is 2. The lowest BCUT2D eigenvalue weighted by Crippen LogP contribution is -3.10. The molecule has 2 aromatic carbocycles. The van der Waals surface area contributed by atoms with Crippen LogP contribution in [0.3, 0.4) is 0 Å². The Morgan fingerprint density at radius 1 is 1.14 bits per heavy atom. The number of quaternary nitrogens is 1. The van der Waals surface area contributed by atoms with Gasteiger partial charge in [-0.15, -0.1) is 0 Å². The third kappa shape index (κ3) is 4.36. The Labute approximate surface area is 128 Å². The normalized spacial score (nSPS) is 13.5. The third-order valence-corrected chi connectivity index (χ3v) is 3.66. The summed E-state index contributed by atoms with van der Waals surface area (Å²) in [6, 6.07) is 12.1. The molecule has 0 heterocycles. The number of carbonyl (C=O) groups is 1. The molecular formula is C17H19F2N2O+. The highest BCUT2D eigenvalue weighted by Gasteiger charge is 2.18. The smallest absolute Gasteiger partial charge is 0.279 e. The standard InChI is InChI=1S/C17H18F2N2O/c1-12(13-6-8-14(18)9-7-13)21(2)11-17(22)20-16-5-3-4-15(19)10-16/h3-10,12H,11H2,1-2H3,(H,20,22)/p+1/t12-/m0/s1. The van der Waals surface area contributed by atoms with Crippen molar-refractivity contribution >= 4 is 11.6 Å². The van der Waals surface area contributed by atoms with E-state index in [4.69, 9.17) is 0 Å². The summed E-state index contributed by atoms with van der Waals surface area (Å²) in [5, 5.41) is 2.67. The average Bonchev–Trinajstić information content (AvgIpc) is 2.47. The zero-order valence-corrected chi connectivity index (χ0v) is 12.6. The SMILES string of the molecule is C[C@@H](c1ccc(F)cc1)[NH+](C)CC(=O)Nc1cccc(F)c1. The van der Waals surface area contributed by atoms with Gasteiger partial charge in [0.15, 0.2) is 6.54 Å². The third-order valence-electron chi connectivity index (χ3n) is 3.66. The van der Waals surface area contributed by atoms with Crippen molar-refractivity contribution < 1.29 is 18.5 Å². The van der Waals surface area contributed by atoms with Crippen LogP contribution in [0.5, 0.6) is 0 Å². The fourth-order valence-corrected chi connectivity index (χ4v) is 2.21. The maximum Gasteiger partial charge on any atom is 0.279 e. The molecule has 2 aromatic rings. The van der Waals surface area contributed by atoms with E-state index >= 15 is 0 Å². The molecular weight excluding hydrogens is 286 g/mol. The Balaban J connectivity index is 1.94. The molecule has 2 atom stereocenters. The first kappa shape index (κ1) is 16.1. The Bertz CT molecular complexity index is 643. The second-order valence-electron chi connectivity index (χ2n) is 5.35. The Morgan fingerprint density at radius 2 is 1.82 bits per heavy atom. The van der Waals surface area contributed by atoms with Gasteiger partial charge in [-0.1, -0.05) is 18.2 Å².